The molecule has 4 aromatic carbocycles. The van der Waals surface area contributed by atoms with Gasteiger partial charge in [0.1, 0.15) is 18.4 Å². The molecule has 0 saturated carbocycles. The number of aliphatic carboxylic acids is 1. The summed E-state index contributed by atoms with van der Waals surface area (Å²) in [5, 5.41) is 15.7. The number of amides is 2. The Morgan fingerprint density at radius 3 is 2.22 bits per heavy atom. The Kier molecular flexibility index (Phi) is 10.3. The maximum atomic E-state index is 12.8. The van der Waals surface area contributed by atoms with Crippen LogP contribution in [0.2, 0.25) is 0 Å². The highest BCUT2D eigenvalue weighted by Crippen LogP contribution is 2.44. The molecule has 45 heavy (non-hydrogen) atoms. The van der Waals surface area contributed by atoms with Gasteiger partial charge in [-0.3, -0.25) is 4.79 Å². The van der Waals surface area contributed by atoms with Crippen molar-refractivity contribution in [3.8, 4) is 16.9 Å². The minimum absolute atomic E-state index is 0.0377. The van der Waals surface area contributed by atoms with Gasteiger partial charge in [0.15, 0.2) is 0 Å². The number of fused-ring (bicyclic) bond motifs is 3. The number of aryl methyl sites for hydroxylation is 1. The van der Waals surface area contributed by atoms with Crippen LogP contribution in [0.15, 0.2) is 95.9 Å². The van der Waals surface area contributed by atoms with Crippen molar-refractivity contribution >= 4 is 35.4 Å². The molecule has 4 aromatic rings. The second kappa shape index (κ2) is 14.7. The number of rotatable bonds is 14. The van der Waals surface area contributed by atoms with E-state index in [9.17, 15) is 19.5 Å². The molecule has 5 rings (SSSR count). The van der Waals surface area contributed by atoms with E-state index >= 15 is 0 Å². The first-order chi connectivity index (χ1) is 21.8. The molecular formula is C35H35N3O6S. The molecule has 0 aliphatic heterocycles. The Labute approximate surface area is 266 Å². The lowest BCUT2D eigenvalue weighted by Crippen LogP contribution is -2.43. The van der Waals surface area contributed by atoms with Gasteiger partial charge in [0.2, 0.25) is 5.91 Å². The summed E-state index contributed by atoms with van der Waals surface area (Å²) in [4.78, 5) is 37.4. The summed E-state index contributed by atoms with van der Waals surface area (Å²) in [5.41, 5.74) is 12.0. The fourth-order valence-corrected chi connectivity index (χ4v) is 6.41. The highest BCUT2D eigenvalue weighted by atomic mass is 32.2. The SMILES string of the molecule is COc1ccc(CCCNc2cc(C(N)=O)ccc2SC[C@H](NC(=O)OCC2c3ccccc3-c3ccccc32)C(=O)O)cc1. The Morgan fingerprint density at radius 1 is 0.933 bits per heavy atom. The average molecular weight is 626 g/mol. The van der Waals surface area contributed by atoms with E-state index < -0.39 is 24.0 Å². The Balaban J connectivity index is 1.18. The van der Waals surface area contributed by atoms with Crippen LogP contribution >= 0.6 is 11.8 Å². The number of hydrogen-bond acceptors (Lipinski definition) is 7. The zero-order valence-corrected chi connectivity index (χ0v) is 25.6. The predicted molar refractivity (Wildman–Crippen MR) is 175 cm³/mol. The maximum Gasteiger partial charge on any atom is 0.407 e. The first-order valence-electron chi connectivity index (χ1n) is 14.6. The van der Waals surface area contributed by atoms with E-state index in [1.165, 1.54) is 17.3 Å². The van der Waals surface area contributed by atoms with Gasteiger partial charge in [-0.1, -0.05) is 60.7 Å². The zero-order valence-electron chi connectivity index (χ0n) is 24.8. The van der Waals surface area contributed by atoms with Crippen LogP contribution in [0.3, 0.4) is 0 Å². The first-order valence-corrected chi connectivity index (χ1v) is 15.6. The van der Waals surface area contributed by atoms with Crippen molar-refractivity contribution in [2.24, 2.45) is 5.73 Å². The van der Waals surface area contributed by atoms with Crippen LogP contribution in [0.25, 0.3) is 11.1 Å². The third-order valence-electron chi connectivity index (χ3n) is 7.72. The summed E-state index contributed by atoms with van der Waals surface area (Å²) in [5.74, 6) is -1.04. The van der Waals surface area contributed by atoms with Crippen molar-refractivity contribution in [3.05, 3.63) is 113 Å². The molecule has 0 fully saturated rings. The monoisotopic (exact) mass is 625 g/mol. The molecule has 1 atom stereocenters. The number of hydrogen-bond donors (Lipinski definition) is 4. The number of nitrogens with one attached hydrogen (secondary N) is 2. The van der Waals surface area contributed by atoms with Gasteiger partial charge in [-0.25, -0.2) is 9.59 Å². The smallest absolute Gasteiger partial charge is 0.407 e. The van der Waals surface area contributed by atoms with Gasteiger partial charge in [0.25, 0.3) is 0 Å². The molecule has 0 unspecified atom stereocenters. The van der Waals surface area contributed by atoms with Crippen molar-refractivity contribution in [1.29, 1.82) is 0 Å². The lowest BCUT2D eigenvalue weighted by Gasteiger charge is -2.18. The normalized spacial score (nSPS) is 12.5. The molecule has 2 amide bonds. The number of anilines is 1. The number of alkyl carbamates (subject to hydrolysis) is 1. The van der Waals surface area contributed by atoms with Crippen LogP contribution in [-0.2, 0) is 16.0 Å². The number of nitrogens with two attached hydrogens (primary N) is 1. The highest BCUT2D eigenvalue weighted by Gasteiger charge is 2.30. The Bertz CT molecular complexity index is 1630. The number of carboxylic acids is 1. The number of primary amides is 1. The van der Waals surface area contributed by atoms with Crippen molar-refractivity contribution in [2.45, 2.75) is 29.7 Å². The number of benzene rings is 4. The van der Waals surface area contributed by atoms with Crippen molar-refractivity contribution in [2.75, 3.05) is 31.3 Å². The Morgan fingerprint density at radius 2 is 1.60 bits per heavy atom. The van der Waals surface area contributed by atoms with Gasteiger partial charge in [0, 0.05) is 34.4 Å². The fourth-order valence-electron chi connectivity index (χ4n) is 5.39. The van der Waals surface area contributed by atoms with Crippen molar-refractivity contribution in [3.63, 3.8) is 0 Å². The van der Waals surface area contributed by atoms with E-state index in [2.05, 4.69) is 10.6 Å². The topological polar surface area (TPSA) is 140 Å². The maximum absolute atomic E-state index is 12.8. The summed E-state index contributed by atoms with van der Waals surface area (Å²) in [6, 6.07) is 27.7. The lowest BCUT2D eigenvalue weighted by molar-refractivity contribution is -0.138. The molecule has 0 bridgehead atoms. The minimum Gasteiger partial charge on any atom is -0.497 e. The van der Waals surface area contributed by atoms with Crippen molar-refractivity contribution in [1.82, 2.24) is 5.32 Å². The van der Waals surface area contributed by atoms with E-state index in [1.807, 2.05) is 72.8 Å². The quantitative estimate of drug-likeness (QED) is 0.100. The molecule has 0 radical (unpaired) electrons. The number of carbonyl (C=O) groups is 3. The predicted octanol–water partition coefficient (Wildman–Crippen LogP) is 5.92. The van der Waals surface area contributed by atoms with E-state index in [1.54, 1.807) is 25.3 Å². The van der Waals surface area contributed by atoms with Crippen LogP contribution in [0.1, 0.15) is 39.4 Å². The van der Waals surface area contributed by atoms with E-state index in [4.69, 9.17) is 15.2 Å². The van der Waals surface area contributed by atoms with Crippen LogP contribution in [-0.4, -0.2) is 55.1 Å². The second-order valence-electron chi connectivity index (χ2n) is 10.6. The second-order valence-corrected chi connectivity index (χ2v) is 11.7. The molecule has 1 aliphatic carbocycles. The minimum atomic E-state index is -1.20. The summed E-state index contributed by atoms with van der Waals surface area (Å²) >= 11 is 1.25. The van der Waals surface area contributed by atoms with Crippen LogP contribution in [0.4, 0.5) is 10.5 Å². The van der Waals surface area contributed by atoms with Crippen molar-refractivity contribution < 1.29 is 29.0 Å². The molecule has 0 heterocycles. The molecule has 9 nitrogen and oxygen atoms in total. The van der Waals surface area contributed by atoms with Gasteiger partial charge < -0.3 is 30.9 Å². The van der Waals surface area contributed by atoms with Crippen LogP contribution in [0, 0.1) is 0 Å². The number of carboxylic acid groups (broad SMARTS) is 1. The molecule has 0 saturated heterocycles. The number of ether oxygens (including phenoxy) is 2. The molecule has 232 valence electrons. The summed E-state index contributed by atoms with van der Waals surface area (Å²) in [7, 11) is 1.63. The number of carbonyl (C=O) groups excluding carboxylic acids is 2. The molecular weight excluding hydrogens is 590 g/mol. The molecule has 0 spiro atoms. The van der Waals surface area contributed by atoms with Crippen LogP contribution in [0.5, 0.6) is 5.75 Å². The van der Waals surface area contributed by atoms with E-state index in [-0.39, 0.29) is 18.3 Å². The molecule has 10 heteroatoms. The zero-order chi connectivity index (χ0) is 31.8. The average Bonchev–Trinajstić information content (AvgIpc) is 3.38. The third-order valence-corrected chi connectivity index (χ3v) is 8.89. The summed E-state index contributed by atoms with van der Waals surface area (Å²) < 4.78 is 10.8. The first kappa shape index (κ1) is 31.5. The van der Waals surface area contributed by atoms with Gasteiger partial charge >= 0.3 is 12.1 Å². The number of methoxy groups -OCH3 is 1. The van der Waals surface area contributed by atoms with Crippen LogP contribution < -0.4 is 21.1 Å². The Hall–Kier alpha value is -4.96. The highest BCUT2D eigenvalue weighted by molar-refractivity contribution is 7.99. The van der Waals surface area contributed by atoms with E-state index in [0.717, 1.165) is 45.7 Å². The standard InChI is InChI=1S/C35H35N3O6S/c1-43-24-15-12-22(13-16-24)7-6-18-37-30-19-23(33(36)39)14-17-32(30)45-21-31(34(40)41)38-35(42)44-20-29-27-10-4-2-8-25(27)26-9-3-5-11-28(26)29/h2-5,8-17,19,29,31,37H,6-7,18,20-21H2,1H3,(H2,36,39)(H,38,42)(H,40,41)/t31-/m0/s1. The van der Waals surface area contributed by atoms with Gasteiger partial charge in [-0.15, -0.1) is 11.8 Å². The third kappa shape index (κ3) is 7.77. The lowest BCUT2D eigenvalue weighted by atomic mass is 9.98. The van der Waals surface area contributed by atoms with E-state index in [0.29, 0.717) is 17.8 Å². The molecule has 0 aromatic heterocycles. The van der Waals surface area contributed by atoms with Gasteiger partial charge in [-0.05, 0) is 71.0 Å². The molecule has 5 N–H and O–H groups in total. The van der Waals surface area contributed by atoms with Gasteiger partial charge in [0.05, 0.1) is 7.11 Å². The summed E-state index contributed by atoms with van der Waals surface area (Å²) in [6.45, 7) is 0.695. The van der Waals surface area contributed by atoms with Gasteiger partial charge in [-0.2, -0.15) is 0 Å². The summed E-state index contributed by atoms with van der Waals surface area (Å²) in [6.07, 6.45) is 0.851. The fraction of sp³-hybridized carbons (Fsp3) is 0.229. The largest absolute Gasteiger partial charge is 0.497 e. The number of thioether (sulfide) groups is 1. The molecule has 1 aliphatic rings.